The lowest BCUT2D eigenvalue weighted by Gasteiger charge is -2.20. The normalized spacial score (nSPS) is 30.0. The first kappa shape index (κ1) is 10.9. The van der Waals surface area contributed by atoms with Crippen molar-refractivity contribution in [1.82, 2.24) is 0 Å². The number of nitrogens with zero attached hydrogens (tertiary/aromatic N) is 1. The highest BCUT2D eigenvalue weighted by Gasteiger charge is 2.28. The van der Waals surface area contributed by atoms with Crippen LogP contribution < -0.4 is 5.73 Å². The Bertz CT molecular complexity index is 193. The van der Waals surface area contributed by atoms with Crippen LogP contribution >= 0.6 is 11.8 Å². The van der Waals surface area contributed by atoms with E-state index in [1.165, 1.54) is 18.6 Å². The van der Waals surface area contributed by atoms with E-state index in [-0.39, 0.29) is 0 Å². The zero-order valence-corrected chi connectivity index (χ0v) is 9.66. The molecule has 0 bridgehead atoms. The van der Waals surface area contributed by atoms with Crippen molar-refractivity contribution in [3.8, 4) is 0 Å². The Morgan fingerprint density at radius 1 is 1.62 bits per heavy atom. The van der Waals surface area contributed by atoms with Crippen molar-refractivity contribution in [3.63, 3.8) is 0 Å². The van der Waals surface area contributed by atoms with Crippen molar-refractivity contribution >= 4 is 17.6 Å². The molecule has 0 spiro atoms. The number of nitrogens with two attached hydrogens (primary N) is 1. The standard InChI is InChI=1S/C10H20N2S/c1-8(2)9(11)12-7-10(3)5-4-6-13-10/h8H,4-7H2,1-3H3,(H2,11,12). The van der Waals surface area contributed by atoms with Gasteiger partial charge in [-0.05, 0) is 25.5 Å². The third-order valence-corrected chi connectivity index (χ3v) is 4.01. The molecule has 1 aliphatic rings. The van der Waals surface area contributed by atoms with Crippen LogP contribution in [0, 0.1) is 5.92 Å². The average Bonchev–Trinajstić information content (AvgIpc) is 2.48. The van der Waals surface area contributed by atoms with E-state index < -0.39 is 0 Å². The SMILES string of the molecule is CC(C)C(N)=NCC1(C)CCCS1. The third-order valence-electron chi connectivity index (χ3n) is 2.49. The van der Waals surface area contributed by atoms with Crippen LogP contribution in [0.3, 0.4) is 0 Å². The van der Waals surface area contributed by atoms with Gasteiger partial charge in [0, 0.05) is 10.7 Å². The number of hydrogen-bond acceptors (Lipinski definition) is 2. The Hall–Kier alpha value is -0.180. The molecule has 0 aromatic rings. The Kier molecular flexibility index (Phi) is 3.65. The van der Waals surface area contributed by atoms with Gasteiger partial charge in [0.1, 0.15) is 0 Å². The third kappa shape index (κ3) is 3.22. The molecule has 0 aliphatic carbocycles. The van der Waals surface area contributed by atoms with Gasteiger partial charge in [-0.3, -0.25) is 4.99 Å². The summed E-state index contributed by atoms with van der Waals surface area (Å²) in [6, 6.07) is 0. The van der Waals surface area contributed by atoms with E-state index in [0.29, 0.717) is 10.7 Å². The molecule has 0 radical (unpaired) electrons. The van der Waals surface area contributed by atoms with E-state index in [1.807, 2.05) is 11.8 Å². The maximum atomic E-state index is 5.79. The van der Waals surface area contributed by atoms with Crippen molar-refractivity contribution < 1.29 is 0 Å². The van der Waals surface area contributed by atoms with Gasteiger partial charge in [-0.2, -0.15) is 11.8 Å². The van der Waals surface area contributed by atoms with Crippen LogP contribution in [0.1, 0.15) is 33.6 Å². The summed E-state index contributed by atoms with van der Waals surface area (Å²) in [5, 5.41) is 0. The Morgan fingerprint density at radius 3 is 2.77 bits per heavy atom. The molecule has 1 atom stereocenters. The summed E-state index contributed by atoms with van der Waals surface area (Å²) < 4.78 is 0.361. The molecule has 0 aromatic heterocycles. The zero-order chi connectivity index (χ0) is 9.90. The molecule has 0 amide bonds. The predicted octanol–water partition coefficient (Wildman–Crippen LogP) is 2.29. The Morgan fingerprint density at radius 2 is 2.31 bits per heavy atom. The predicted molar refractivity (Wildman–Crippen MR) is 61.4 cm³/mol. The molecule has 1 unspecified atom stereocenters. The smallest absolute Gasteiger partial charge is 0.0963 e. The van der Waals surface area contributed by atoms with Crippen LogP contribution in [0.15, 0.2) is 4.99 Å². The average molecular weight is 200 g/mol. The second-order valence-corrected chi connectivity index (χ2v) is 5.98. The molecule has 0 aromatic carbocycles. The van der Waals surface area contributed by atoms with Gasteiger partial charge >= 0.3 is 0 Å². The second-order valence-electron chi connectivity index (χ2n) is 4.30. The molecule has 76 valence electrons. The fraction of sp³-hybridized carbons (Fsp3) is 0.900. The minimum Gasteiger partial charge on any atom is -0.387 e. The van der Waals surface area contributed by atoms with E-state index in [9.17, 15) is 0 Å². The zero-order valence-electron chi connectivity index (χ0n) is 8.84. The Balaban J connectivity index is 2.44. The van der Waals surface area contributed by atoms with E-state index in [4.69, 9.17) is 5.73 Å². The topological polar surface area (TPSA) is 38.4 Å². The van der Waals surface area contributed by atoms with Crippen molar-refractivity contribution in [2.75, 3.05) is 12.3 Å². The highest BCUT2D eigenvalue weighted by molar-refractivity contribution is 8.00. The first-order chi connectivity index (χ1) is 6.03. The van der Waals surface area contributed by atoms with Gasteiger partial charge in [0.15, 0.2) is 0 Å². The molecule has 2 nitrogen and oxygen atoms in total. The quantitative estimate of drug-likeness (QED) is 0.561. The fourth-order valence-corrected chi connectivity index (χ4v) is 2.63. The van der Waals surface area contributed by atoms with Gasteiger partial charge in [0.25, 0.3) is 0 Å². The lowest BCUT2D eigenvalue weighted by Crippen LogP contribution is -2.25. The van der Waals surface area contributed by atoms with Crippen LogP contribution in [-0.4, -0.2) is 22.9 Å². The largest absolute Gasteiger partial charge is 0.387 e. The summed E-state index contributed by atoms with van der Waals surface area (Å²) in [4.78, 5) is 4.45. The molecular formula is C10H20N2S. The molecule has 1 fully saturated rings. The van der Waals surface area contributed by atoms with Crippen LogP contribution in [0.25, 0.3) is 0 Å². The number of thioether (sulfide) groups is 1. The molecule has 2 N–H and O–H groups in total. The molecule has 1 saturated heterocycles. The molecule has 0 saturated carbocycles. The highest BCUT2D eigenvalue weighted by atomic mass is 32.2. The van der Waals surface area contributed by atoms with Gasteiger partial charge in [0.2, 0.25) is 0 Å². The minimum absolute atomic E-state index is 0.361. The maximum absolute atomic E-state index is 5.79. The molecule has 13 heavy (non-hydrogen) atoms. The van der Waals surface area contributed by atoms with Crippen molar-refractivity contribution in [2.24, 2.45) is 16.6 Å². The summed E-state index contributed by atoms with van der Waals surface area (Å²) in [6.45, 7) is 7.36. The van der Waals surface area contributed by atoms with Crippen molar-refractivity contribution in [2.45, 2.75) is 38.4 Å². The lowest BCUT2D eigenvalue weighted by molar-refractivity contribution is 0.616. The maximum Gasteiger partial charge on any atom is 0.0963 e. The summed E-state index contributed by atoms with van der Waals surface area (Å²) in [5.74, 6) is 2.47. The first-order valence-corrected chi connectivity index (χ1v) is 5.96. The van der Waals surface area contributed by atoms with E-state index in [0.717, 1.165) is 12.4 Å². The van der Waals surface area contributed by atoms with Crippen LogP contribution in [0.2, 0.25) is 0 Å². The van der Waals surface area contributed by atoms with Gasteiger partial charge in [-0.25, -0.2) is 0 Å². The van der Waals surface area contributed by atoms with E-state index in [2.05, 4.69) is 25.8 Å². The van der Waals surface area contributed by atoms with Gasteiger partial charge in [-0.15, -0.1) is 0 Å². The number of hydrogen-bond donors (Lipinski definition) is 1. The molecule has 1 rings (SSSR count). The molecule has 1 heterocycles. The fourth-order valence-electron chi connectivity index (χ4n) is 1.40. The van der Waals surface area contributed by atoms with Crippen LogP contribution in [-0.2, 0) is 0 Å². The molecule has 1 aliphatic heterocycles. The highest BCUT2D eigenvalue weighted by Crippen LogP contribution is 2.37. The number of rotatable bonds is 3. The van der Waals surface area contributed by atoms with Crippen molar-refractivity contribution in [1.29, 1.82) is 0 Å². The second kappa shape index (κ2) is 4.36. The molecule has 3 heteroatoms. The van der Waals surface area contributed by atoms with Gasteiger partial charge in [-0.1, -0.05) is 13.8 Å². The van der Waals surface area contributed by atoms with Crippen LogP contribution in [0.5, 0.6) is 0 Å². The van der Waals surface area contributed by atoms with Crippen LogP contribution in [0.4, 0.5) is 0 Å². The lowest BCUT2D eigenvalue weighted by atomic mass is 10.1. The monoisotopic (exact) mass is 200 g/mol. The summed E-state index contributed by atoms with van der Waals surface area (Å²) in [7, 11) is 0. The Labute approximate surface area is 85.4 Å². The van der Waals surface area contributed by atoms with Gasteiger partial charge < -0.3 is 5.73 Å². The first-order valence-electron chi connectivity index (χ1n) is 4.97. The number of aliphatic imine (C=N–C) groups is 1. The summed E-state index contributed by atoms with van der Waals surface area (Å²) in [5.41, 5.74) is 5.79. The summed E-state index contributed by atoms with van der Waals surface area (Å²) in [6.07, 6.45) is 2.62. The van der Waals surface area contributed by atoms with E-state index >= 15 is 0 Å². The molecular weight excluding hydrogens is 180 g/mol. The minimum atomic E-state index is 0.361. The van der Waals surface area contributed by atoms with Crippen molar-refractivity contribution in [3.05, 3.63) is 0 Å². The summed E-state index contributed by atoms with van der Waals surface area (Å²) >= 11 is 2.04. The number of amidine groups is 1. The van der Waals surface area contributed by atoms with Gasteiger partial charge in [0.05, 0.1) is 12.4 Å². The van der Waals surface area contributed by atoms with E-state index in [1.54, 1.807) is 0 Å².